The maximum Gasteiger partial charge on any atom is 0.0420 e. The molecule has 0 aliphatic carbocycles. The lowest BCUT2D eigenvalue weighted by molar-refractivity contribution is 0.623. The summed E-state index contributed by atoms with van der Waals surface area (Å²) in [6.07, 6.45) is 7.88. The zero-order valence-electron chi connectivity index (χ0n) is 10.9. The SMILES string of the molecule is CCCCCCCN1CCc2c(N)cccc21. The van der Waals surface area contributed by atoms with Crippen molar-refractivity contribution in [3.05, 3.63) is 23.8 Å². The van der Waals surface area contributed by atoms with Crippen molar-refractivity contribution < 1.29 is 0 Å². The molecule has 0 bridgehead atoms. The van der Waals surface area contributed by atoms with Crippen LogP contribution in [0.25, 0.3) is 0 Å². The molecule has 0 atom stereocenters. The molecule has 2 nitrogen and oxygen atoms in total. The molecule has 1 aliphatic rings. The van der Waals surface area contributed by atoms with E-state index in [4.69, 9.17) is 5.73 Å². The van der Waals surface area contributed by atoms with E-state index in [1.54, 1.807) is 0 Å². The summed E-state index contributed by atoms with van der Waals surface area (Å²) in [5.41, 5.74) is 9.71. The lowest BCUT2D eigenvalue weighted by atomic mass is 10.1. The van der Waals surface area contributed by atoms with Crippen LogP contribution in [-0.4, -0.2) is 13.1 Å². The van der Waals surface area contributed by atoms with E-state index in [-0.39, 0.29) is 0 Å². The third kappa shape index (κ3) is 2.93. The highest BCUT2D eigenvalue weighted by atomic mass is 15.1. The van der Waals surface area contributed by atoms with Crippen LogP contribution in [0.15, 0.2) is 18.2 Å². The molecule has 1 aliphatic heterocycles. The third-order valence-electron chi connectivity index (χ3n) is 3.69. The van der Waals surface area contributed by atoms with Gasteiger partial charge in [-0.2, -0.15) is 0 Å². The number of rotatable bonds is 6. The fraction of sp³-hybridized carbons (Fsp3) is 0.600. The molecule has 1 heterocycles. The molecule has 94 valence electrons. The van der Waals surface area contributed by atoms with Gasteiger partial charge < -0.3 is 10.6 Å². The Morgan fingerprint density at radius 1 is 1.18 bits per heavy atom. The normalized spacial score (nSPS) is 14.1. The largest absolute Gasteiger partial charge is 0.398 e. The van der Waals surface area contributed by atoms with Crippen LogP contribution in [0.4, 0.5) is 11.4 Å². The molecule has 0 fully saturated rings. The van der Waals surface area contributed by atoms with Gasteiger partial charge in [-0.3, -0.25) is 0 Å². The predicted octanol–water partition coefficient (Wildman–Crippen LogP) is 3.60. The molecule has 0 amide bonds. The highest BCUT2D eigenvalue weighted by Crippen LogP contribution is 2.32. The van der Waals surface area contributed by atoms with Gasteiger partial charge >= 0.3 is 0 Å². The summed E-state index contributed by atoms with van der Waals surface area (Å²) in [5.74, 6) is 0. The topological polar surface area (TPSA) is 29.3 Å². The Bertz CT molecular complexity index is 360. The maximum atomic E-state index is 6.00. The van der Waals surface area contributed by atoms with Gasteiger partial charge in [0.2, 0.25) is 0 Å². The Hall–Kier alpha value is -1.18. The van der Waals surface area contributed by atoms with E-state index in [9.17, 15) is 0 Å². The lowest BCUT2D eigenvalue weighted by Crippen LogP contribution is -2.21. The summed E-state index contributed by atoms with van der Waals surface area (Å²) in [6.45, 7) is 4.61. The number of anilines is 2. The Labute approximate surface area is 105 Å². The molecular formula is C15H24N2. The number of hydrogen-bond donors (Lipinski definition) is 1. The summed E-state index contributed by atoms with van der Waals surface area (Å²) >= 11 is 0. The highest BCUT2D eigenvalue weighted by molar-refractivity contribution is 5.68. The third-order valence-corrected chi connectivity index (χ3v) is 3.69. The fourth-order valence-electron chi connectivity index (χ4n) is 2.67. The summed E-state index contributed by atoms with van der Waals surface area (Å²) in [7, 11) is 0. The van der Waals surface area contributed by atoms with Crippen LogP contribution in [0.5, 0.6) is 0 Å². The molecular weight excluding hydrogens is 208 g/mol. The number of nitrogen functional groups attached to an aromatic ring is 1. The first kappa shape index (κ1) is 12.3. The first-order valence-electron chi connectivity index (χ1n) is 6.95. The Kier molecular flexibility index (Phi) is 4.29. The molecule has 0 radical (unpaired) electrons. The second-order valence-electron chi connectivity index (χ2n) is 5.00. The minimum atomic E-state index is 0.969. The van der Waals surface area contributed by atoms with E-state index < -0.39 is 0 Å². The van der Waals surface area contributed by atoms with Crippen molar-refractivity contribution >= 4 is 11.4 Å². The van der Waals surface area contributed by atoms with Gasteiger partial charge in [-0.1, -0.05) is 38.7 Å². The van der Waals surface area contributed by atoms with Crippen molar-refractivity contribution in [3.63, 3.8) is 0 Å². The summed E-state index contributed by atoms with van der Waals surface area (Å²) in [5, 5.41) is 0. The number of benzene rings is 1. The van der Waals surface area contributed by atoms with Gasteiger partial charge in [0.05, 0.1) is 0 Å². The lowest BCUT2D eigenvalue weighted by Gasteiger charge is -2.19. The molecule has 2 rings (SSSR count). The molecule has 2 heteroatoms. The number of fused-ring (bicyclic) bond motifs is 1. The first-order chi connectivity index (χ1) is 8.33. The average molecular weight is 232 g/mol. The van der Waals surface area contributed by atoms with Crippen molar-refractivity contribution in [1.29, 1.82) is 0 Å². The Morgan fingerprint density at radius 2 is 2.00 bits per heavy atom. The highest BCUT2D eigenvalue weighted by Gasteiger charge is 2.19. The average Bonchev–Trinajstić information content (AvgIpc) is 2.74. The van der Waals surface area contributed by atoms with Crippen LogP contribution in [0, 0.1) is 0 Å². The van der Waals surface area contributed by atoms with Crippen LogP contribution in [0.1, 0.15) is 44.6 Å². The van der Waals surface area contributed by atoms with Crippen LogP contribution in [-0.2, 0) is 6.42 Å². The summed E-state index contributed by atoms with van der Waals surface area (Å²) in [4.78, 5) is 2.50. The van der Waals surface area contributed by atoms with Crippen molar-refractivity contribution in [2.45, 2.75) is 45.4 Å². The zero-order chi connectivity index (χ0) is 12.1. The second kappa shape index (κ2) is 5.95. The number of unbranched alkanes of at least 4 members (excludes halogenated alkanes) is 4. The second-order valence-corrected chi connectivity index (χ2v) is 5.00. The van der Waals surface area contributed by atoms with Gasteiger partial charge in [0.15, 0.2) is 0 Å². The maximum absolute atomic E-state index is 6.00. The van der Waals surface area contributed by atoms with Gasteiger partial charge in [0.1, 0.15) is 0 Å². The van der Waals surface area contributed by atoms with Crippen molar-refractivity contribution in [2.24, 2.45) is 0 Å². The molecule has 0 spiro atoms. The van der Waals surface area contributed by atoms with Gasteiger partial charge in [0.25, 0.3) is 0 Å². The number of hydrogen-bond acceptors (Lipinski definition) is 2. The van der Waals surface area contributed by atoms with Crippen molar-refractivity contribution in [1.82, 2.24) is 0 Å². The Balaban J connectivity index is 1.83. The van der Waals surface area contributed by atoms with Crippen LogP contribution in [0.2, 0.25) is 0 Å². The standard InChI is InChI=1S/C15H24N2/c1-2-3-4-5-6-11-17-12-10-13-14(16)8-7-9-15(13)17/h7-9H,2-6,10-12,16H2,1H3. The summed E-state index contributed by atoms with van der Waals surface area (Å²) in [6, 6.07) is 6.30. The first-order valence-corrected chi connectivity index (χ1v) is 6.95. The van der Waals surface area contributed by atoms with Gasteiger partial charge in [-0.05, 0) is 25.0 Å². The number of nitrogens with zero attached hydrogens (tertiary/aromatic N) is 1. The van der Waals surface area contributed by atoms with E-state index in [0.29, 0.717) is 0 Å². The van der Waals surface area contributed by atoms with Crippen LogP contribution >= 0.6 is 0 Å². The molecule has 0 unspecified atom stereocenters. The monoisotopic (exact) mass is 232 g/mol. The molecule has 0 saturated heterocycles. The van der Waals surface area contributed by atoms with Crippen molar-refractivity contribution in [3.8, 4) is 0 Å². The smallest absolute Gasteiger partial charge is 0.0420 e. The predicted molar refractivity (Wildman–Crippen MR) is 75.5 cm³/mol. The van der Waals surface area contributed by atoms with Gasteiger partial charge in [-0.15, -0.1) is 0 Å². The van der Waals surface area contributed by atoms with Crippen LogP contribution < -0.4 is 10.6 Å². The quantitative estimate of drug-likeness (QED) is 0.600. The molecule has 1 aromatic rings. The van der Waals surface area contributed by atoms with Gasteiger partial charge in [0, 0.05) is 30.0 Å². The van der Waals surface area contributed by atoms with E-state index in [2.05, 4.69) is 24.0 Å². The fourth-order valence-corrected chi connectivity index (χ4v) is 2.67. The van der Waals surface area contributed by atoms with Crippen molar-refractivity contribution in [2.75, 3.05) is 23.7 Å². The summed E-state index contributed by atoms with van der Waals surface area (Å²) < 4.78 is 0. The molecule has 0 saturated carbocycles. The minimum Gasteiger partial charge on any atom is -0.398 e. The van der Waals surface area contributed by atoms with E-state index in [1.807, 2.05) is 6.07 Å². The molecule has 1 aromatic carbocycles. The molecule has 17 heavy (non-hydrogen) atoms. The van der Waals surface area contributed by atoms with E-state index >= 15 is 0 Å². The number of nitrogens with two attached hydrogens (primary N) is 1. The van der Waals surface area contributed by atoms with E-state index in [1.165, 1.54) is 49.9 Å². The minimum absolute atomic E-state index is 0.969. The molecule has 0 aromatic heterocycles. The zero-order valence-corrected chi connectivity index (χ0v) is 10.9. The van der Waals surface area contributed by atoms with Gasteiger partial charge in [-0.25, -0.2) is 0 Å². The van der Waals surface area contributed by atoms with E-state index in [0.717, 1.165) is 18.7 Å². The van der Waals surface area contributed by atoms with Crippen LogP contribution in [0.3, 0.4) is 0 Å². The molecule has 2 N–H and O–H groups in total. The Morgan fingerprint density at radius 3 is 2.82 bits per heavy atom.